The van der Waals surface area contributed by atoms with E-state index in [2.05, 4.69) is 16.2 Å². The number of nitrogens with zero attached hydrogens (tertiary/aromatic N) is 4. The fourth-order valence-electron chi connectivity index (χ4n) is 2.19. The molecule has 0 radical (unpaired) electrons. The van der Waals surface area contributed by atoms with E-state index in [1.54, 1.807) is 24.9 Å². The minimum atomic E-state index is -1.04. The van der Waals surface area contributed by atoms with Crippen molar-refractivity contribution in [3.63, 3.8) is 0 Å². The Bertz CT molecular complexity index is 755. The molecule has 6 nitrogen and oxygen atoms in total. The number of nitriles is 1. The molecule has 0 bridgehead atoms. The van der Waals surface area contributed by atoms with Gasteiger partial charge in [-0.3, -0.25) is 4.79 Å². The Morgan fingerprint density at radius 1 is 1.26 bits per heavy atom. The fraction of sp³-hybridized carbons (Fsp3) is 0.412. The molecule has 2 aromatic rings. The van der Waals surface area contributed by atoms with E-state index < -0.39 is 16.8 Å². The minimum Gasteiger partial charge on any atom is -0.481 e. The molecule has 0 saturated heterocycles. The predicted molar refractivity (Wildman–Crippen MR) is 84.9 cm³/mol. The van der Waals surface area contributed by atoms with E-state index in [1.807, 2.05) is 32.0 Å². The van der Waals surface area contributed by atoms with Crippen LogP contribution in [0.3, 0.4) is 0 Å². The van der Waals surface area contributed by atoms with Crippen molar-refractivity contribution < 1.29 is 9.90 Å². The normalized spacial score (nSPS) is 12.0. The van der Waals surface area contributed by atoms with Crippen molar-refractivity contribution in [2.45, 2.75) is 45.1 Å². The number of hydrogen-bond donors (Lipinski definition) is 1. The summed E-state index contributed by atoms with van der Waals surface area (Å²) >= 11 is 0. The van der Waals surface area contributed by atoms with Crippen LogP contribution in [0.1, 0.15) is 44.4 Å². The van der Waals surface area contributed by atoms with Crippen molar-refractivity contribution in [1.29, 1.82) is 5.26 Å². The largest absolute Gasteiger partial charge is 0.481 e. The van der Waals surface area contributed by atoms with Gasteiger partial charge in [-0.1, -0.05) is 18.2 Å². The molecule has 0 aliphatic rings. The molecular formula is C17H20N4O2. The molecule has 120 valence electrons. The summed E-state index contributed by atoms with van der Waals surface area (Å²) in [7, 11) is 0. The summed E-state index contributed by atoms with van der Waals surface area (Å²) in [5, 5.41) is 23.0. The molecule has 1 aromatic heterocycles. The summed E-state index contributed by atoms with van der Waals surface area (Å²) in [6.45, 7) is 7.43. The van der Waals surface area contributed by atoms with Crippen LogP contribution in [0.2, 0.25) is 0 Å². The number of aliphatic carboxylic acids is 1. The number of carboxylic acids is 1. The standard InChI is InChI=1S/C17H20N4O2/c1-16(2,9-18)13-5-12(8-21-11-19-10-20-21)6-14(7-13)17(3,4)15(22)23/h5-7,10-11H,8H2,1-4H3,(H,22,23). The second kappa shape index (κ2) is 5.84. The maximum atomic E-state index is 11.6. The highest BCUT2D eigenvalue weighted by Gasteiger charge is 2.32. The van der Waals surface area contributed by atoms with Crippen LogP contribution < -0.4 is 0 Å². The van der Waals surface area contributed by atoms with Gasteiger partial charge in [0.1, 0.15) is 12.7 Å². The first kappa shape index (κ1) is 16.7. The van der Waals surface area contributed by atoms with Crippen LogP contribution in [-0.2, 0) is 22.2 Å². The third kappa shape index (κ3) is 3.39. The van der Waals surface area contributed by atoms with Gasteiger partial charge in [-0.15, -0.1) is 0 Å². The van der Waals surface area contributed by atoms with Gasteiger partial charge in [-0.25, -0.2) is 9.67 Å². The zero-order valence-corrected chi connectivity index (χ0v) is 13.7. The summed E-state index contributed by atoms with van der Waals surface area (Å²) in [4.78, 5) is 15.5. The van der Waals surface area contributed by atoms with Crippen molar-refractivity contribution >= 4 is 5.97 Å². The summed E-state index contributed by atoms with van der Waals surface area (Å²) in [5.74, 6) is -0.906. The molecule has 0 aliphatic heterocycles. The molecular weight excluding hydrogens is 292 g/mol. The van der Waals surface area contributed by atoms with E-state index in [9.17, 15) is 15.2 Å². The highest BCUT2D eigenvalue weighted by molar-refractivity contribution is 5.80. The lowest BCUT2D eigenvalue weighted by molar-refractivity contribution is -0.142. The lowest BCUT2D eigenvalue weighted by Gasteiger charge is -2.25. The lowest BCUT2D eigenvalue weighted by Crippen LogP contribution is -2.29. The average molecular weight is 312 g/mol. The van der Waals surface area contributed by atoms with Gasteiger partial charge in [0.15, 0.2) is 0 Å². The number of aromatic nitrogens is 3. The van der Waals surface area contributed by atoms with E-state index >= 15 is 0 Å². The third-order valence-corrected chi connectivity index (χ3v) is 4.06. The average Bonchev–Trinajstić information content (AvgIpc) is 2.99. The van der Waals surface area contributed by atoms with Crippen LogP contribution in [0.25, 0.3) is 0 Å². The number of carboxylic acid groups (broad SMARTS) is 1. The highest BCUT2D eigenvalue weighted by Crippen LogP contribution is 2.31. The lowest BCUT2D eigenvalue weighted by atomic mass is 9.78. The summed E-state index contributed by atoms with van der Waals surface area (Å²) in [6, 6.07) is 7.85. The second-order valence-corrected chi connectivity index (χ2v) is 6.68. The van der Waals surface area contributed by atoms with Gasteiger partial charge in [-0.05, 0) is 44.4 Å². The first-order chi connectivity index (χ1) is 10.7. The van der Waals surface area contributed by atoms with Gasteiger partial charge in [0.05, 0.1) is 23.4 Å². The van der Waals surface area contributed by atoms with Gasteiger partial charge < -0.3 is 5.11 Å². The molecule has 0 unspecified atom stereocenters. The van der Waals surface area contributed by atoms with Crippen molar-refractivity contribution in [3.05, 3.63) is 47.5 Å². The maximum Gasteiger partial charge on any atom is 0.313 e. The molecule has 0 amide bonds. The van der Waals surface area contributed by atoms with Crippen molar-refractivity contribution in [3.8, 4) is 6.07 Å². The van der Waals surface area contributed by atoms with Crippen LogP contribution in [0.4, 0.5) is 0 Å². The maximum absolute atomic E-state index is 11.6. The van der Waals surface area contributed by atoms with Gasteiger partial charge in [0.2, 0.25) is 0 Å². The van der Waals surface area contributed by atoms with Crippen LogP contribution in [0.15, 0.2) is 30.9 Å². The monoisotopic (exact) mass is 312 g/mol. The molecule has 0 saturated carbocycles. The number of hydrogen-bond acceptors (Lipinski definition) is 4. The Labute approximate surface area is 135 Å². The number of carbonyl (C=O) groups is 1. The topological polar surface area (TPSA) is 91.8 Å². The van der Waals surface area contributed by atoms with E-state index in [0.29, 0.717) is 12.1 Å². The molecule has 1 N–H and O–H groups in total. The van der Waals surface area contributed by atoms with Gasteiger partial charge in [-0.2, -0.15) is 10.4 Å². The van der Waals surface area contributed by atoms with Crippen LogP contribution in [-0.4, -0.2) is 25.8 Å². The molecule has 0 aliphatic carbocycles. The highest BCUT2D eigenvalue weighted by atomic mass is 16.4. The van der Waals surface area contributed by atoms with Crippen LogP contribution >= 0.6 is 0 Å². The zero-order valence-electron chi connectivity index (χ0n) is 13.7. The number of benzene rings is 1. The second-order valence-electron chi connectivity index (χ2n) is 6.68. The summed E-state index contributed by atoms with van der Waals surface area (Å²) < 4.78 is 1.66. The van der Waals surface area contributed by atoms with Gasteiger partial charge in [0, 0.05) is 0 Å². The van der Waals surface area contributed by atoms with Crippen molar-refractivity contribution in [1.82, 2.24) is 14.8 Å². The van der Waals surface area contributed by atoms with Crippen molar-refractivity contribution in [2.24, 2.45) is 0 Å². The Morgan fingerprint density at radius 2 is 1.91 bits per heavy atom. The molecule has 0 spiro atoms. The SMILES string of the molecule is CC(C)(C#N)c1cc(Cn2cncn2)cc(C(C)(C)C(=O)O)c1. The quantitative estimate of drug-likeness (QED) is 0.915. The number of rotatable bonds is 5. The molecule has 0 atom stereocenters. The third-order valence-electron chi connectivity index (χ3n) is 4.06. The predicted octanol–water partition coefficient (Wildman–Crippen LogP) is 2.49. The van der Waals surface area contributed by atoms with Crippen molar-refractivity contribution in [2.75, 3.05) is 0 Å². The Balaban J connectivity index is 2.57. The molecule has 2 rings (SSSR count). The molecule has 23 heavy (non-hydrogen) atoms. The minimum absolute atomic E-state index is 0.470. The van der Waals surface area contributed by atoms with Gasteiger partial charge >= 0.3 is 5.97 Å². The van der Waals surface area contributed by atoms with E-state index in [-0.39, 0.29) is 0 Å². The Morgan fingerprint density at radius 3 is 2.43 bits per heavy atom. The van der Waals surface area contributed by atoms with E-state index in [1.165, 1.54) is 6.33 Å². The Kier molecular flexibility index (Phi) is 4.24. The fourth-order valence-corrected chi connectivity index (χ4v) is 2.19. The van der Waals surface area contributed by atoms with E-state index in [0.717, 1.165) is 11.1 Å². The van der Waals surface area contributed by atoms with Crippen LogP contribution in [0, 0.1) is 11.3 Å². The molecule has 0 fully saturated rings. The summed E-state index contributed by atoms with van der Waals surface area (Å²) in [6.07, 6.45) is 3.05. The smallest absolute Gasteiger partial charge is 0.313 e. The first-order valence-electron chi connectivity index (χ1n) is 7.29. The zero-order chi connectivity index (χ0) is 17.3. The molecule has 1 heterocycles. The van der Waals surface area contributed by atoms with Gasteiger partial charge in [0.25, 0.3) is 0 Å². The molecule has 1 aromatic carbocycles. The van der Waals surface area contributed by atoms with E-state index in [4.69, 9.17) is 0 Å². The Hall–Kier alpha value is -2.68. The van der Waals surface area contributed by atoms with Crippen LogP contribution in [0.5, 0.6) is 0 Å². The first-order valence-corrected chi connectivity index (χ1v) is 7.29. The summed E-state index contributed by atoms with van der Waals surface area (Å²) in [5.41, 5.74) is 0.601. The molecule has 6 heteroatoms.